The number of ketones is 1. The van der Waals surface area contributed by atoms with Crippen molar-refractivity contribution in [1.82, 2.24) is 14.8 Å². The highest BCUT2D eigenvalue weighted by Gasteiger charge is 2.13. The number of aromatic nitrogens is 3. The summed E-state index contributed by atoms with van der Waals surface area (Å²) in [5.41, 5.74) is 0.933. The second-order valence-electron chi connectivity index (χ2n) is 4.88. The first kappa shape index (κ1) is 16.2. The molecule has 122 valence electrons. The summed E-state index contributed by atoms with van der Waals surface area (Å²) in [5.74, 6) is 0.448. The Kier molecular flexibility index (Phi) is 4.90. The second-order valence-corrected chi connectivity index (χ2v) is 5.82. The van der Waals surface area contributed by atoms with Gasteiger partial charge in [-0.1, -0.05) is 23.9 Å². The molecule has 0 atom stereocenters. The molecule has 0 fully saturated rings. The van der Waals surface area contributed by atoms with E-state index in [2.05, 4.69) is 10.2 Å². The highest BCUT2D eigenvalue weighted by molar-refractivity contribution is 7.99. The van der Waals surface area contributed by atoms with Crippen LogP contribution in [0.5, 0.6) is 5.75 Å². The number of carbonyl (C=O) groups is 1. The van der Waals surface area contributed by atoms with Crippen LogP contribution in [0.3, 0.4) is 0 Å². The van der Waals surface area contributed by atoms with Crippen molar-refractivity contribution in [3.05, 3.63) is 66.2 Å². The van der Waals surface area contributed by atoms with Crippen LogP contribution < -0.4 is 4.74 Å². The van der Waals surface area contributed by atoms with Crippen molar-refractivity contribution in [2.75, 3.05) is 12.9 Å². The summed E-state index contributed by atoms with van der Waals surface area (Å²) in [7, 11) is 1.57. The number of hydrogen-bond donors (Lipinski definition) is 0. The predicted molar refractivity (Wildman–Crippen MR) is 89.4 cm³/mol. The third-order valence-electron chi connectivity index (χ3n) is 3.37. The van der Waals surface area contributed by atoms with Gasteiger partial charge in [-0.05, 0) is 36.4 Å². The van der Waals surface area contributed by atoms with Gasteiger partial charge in [0, 0.05) is 5.56 Å². The number of hydrogen-bond acceptors (Lipinski definition) is 5. The van der Waals surface area contributed by atoms with Crippen LogP contribution in [-0.2, 0) is 0 Å². The molecule has 1 aromatic heterocycles. The topological polar surface area (TPSA) is 57.0 Å². The second kappa shape index (κ2) is 7.27. The number of rotatable bonds is 6. The lowest BCUT2D eigenvalue weighted by atomic mass is 10.1. The molecule has 0 radical (unpaired) electrons. The number of nitrogens with zero attached hydrogens (tertiary/aromatic N) is 3. The third-order valence-corrected chi connectivity index (χ3v) is 4.32. The first-order valence-corrected chi connectivity index (χ1v) is 8.12. The van der Waals surface area contributed by atoms with Gasteiger partial charge in [-0.25, -0.2) is 4.39 Å². The maximum Gasteiger partial charge on any atom is 0.196 e. The Labute approximate surface area is 142 Å². The van der Waals surface area contributed by atoms with Crippen LogP contribution in [-0.4, -0.2) is 33.4 Å². The summed E-state index contributed by atoms with van der Waals surface area (Å²) in [5, 5.41) is 8.23. The third kappa shape index (κ3) is 3.46. The molecule has 0 N–H and O–H groups in total. The summed E-state index contributed by atoms with van der Waals surface area (Å²) in [6.45, 7) is 0. The maximum absolute atomic E-state index is 13.9. The van der Waals surface area contributed by atoms with E-state index in [-0.39, 0.29) is 17.4 Å². The van der Waals surface area contributed by atoms with Gasteiger partial charge in [0.15, 0.2) is 10.9 Å². The molecule has 0 spiro atoms. The first-order chi connectivity index (χ1) is 11.7. The van der Waals surface area contributed by atoms with E-state index in [4.69, 9.17) is 4.74 Å². The lowest BCUT2D eigenvalue weighted by Gasteiger charge is -2.07. The van der Waals surface area contributed by atoms with Gasteiger partial charge in [0.25, 0.3) is 0 Å². The lowest BCUT2D eigenvalue weighted by Crippen LogP contribution is -2.04. The van der Waals surface area contributed by atoms with Crippen molar-refractivity contribution in [2.45, 2.75) is 5.16 Å². The molecule has 0 unspecified atom stereocenters. The van der Waals surface area contributed by atoms with E-state index in [9.17, 15) is 9.18 Å². The van der Waals surface area contributed by atoms with Gasteiger partial charge in [0.2, 0.25) is 0 Å². The molecule has 0 saturated carbocycles. The van der Waals surface area contributed by atoms with Crippen LogP contribution in [0.1, 0.15) is 10.4 Å². The first-order valence-electron chi connectivity index (χ1n) is 7.14. The highest BCUT2D eigenvalue weighted by atomic mass is 32.2. The van der Waals surface area contributed by atoms with Gasteiger partial charge in [-0.2, -0.15) is 0 Å². The summed E-state index contributed by atoms with van der Waals surface area (Å²) >= 11 is 1.21. The zero-order valence-electron chi connectivity index (χ0n) is 12.8. The van der Waals surface area contributed by atoms with E-state index >= 15 is 0 Å². The van der Waals surface area contributed by atoms with Crippen LogP contribution in [0.25, 0.3) is 5.69 Å². The Bertz CT molecular complexity index is 849. The highest BCUT2D eigenvalue weighted by Crippen LogP contribution is 2.22. The molecule has 0 bridgehead atoms. The van der Waals surface area contributed by atoms with Crippen molar-refractivity contribution in [1.29, 1.82) is 0 Å². The molecule has 24 heavy (non-hydrogen) atoms. The normalized spacial score (nSPS) is 10.6. The number of thioether (sulfide) groups is 1. The molecule has 2 aromatic carbocycles. The fourth-order valence-electron chi connectivity index (χ4n) is 2.13. The SMILES string of the molecule is COc1ccc(C(=O)CSc2nncn2-c2ccccc2F)cc1. The van der Waals surface area contributed by atoms with E-state index in [1.165, 1.54) is 28.7 Å². The van der Waals surface area contributed by atoms with Crippen molar-refractivity contribution in [2.24, 2.45) is 0 Å². The number of carbonyl (C=O) groups excluding carboxylic acids is 1. The van der Waals surface area contributed by atoms with E-state index < -0.39 is 0 Å². The molecule has 0 amide bonds. The average Bonchev–Trinajstić information content (AvgIpc) is 3.08. The quantitative estimate of drug-likeness (QED) is 0.507. The minimum Gasteiger partial charge on any atom is -0.497 e. The van der Waals surface area contributed by atoms with Crippen LogP contribution in [0.4, 0.5) is 4.39 Å². The van der Waals surface area contributed by atoms with Crippen LogP contribution in [0.2, 0.25) is 0 Å². The van der Waals surface area contributed by atoms with Gasteiger partial charge in [-0.3, -0.25) is 9.36 Å². The molecule has 0 aliphatic carbocycles. The van der Waals surface area contributed by atoms with Crippen molar-refractivity contribution >= 4 is 17.5 Å². The Morgan fingerprint density at radius 3 is 2.67 bits per heavy atom. The summed E-state index contributed by atoms with van der Waals surface area (Å²) in [6, 6.07) is 13.2. The van der Waals surface area contributed by atoms with Crippen molar-refractivity contribution in [3.8, 4) is 11.4 Å². The molecule has 0 aliphatic rings. The summed E-state index contributed by atoms with van der Waals surface area (Å²) < 4.78 is 20.5. The van der Waals surface area contributed by atoms with E-state index in [0.29, 0.717) is 22.2 Å². The van der Waals surface area contributed by atoms with Gasteiger partial charge in [0.05, 0.1) is 18.6 Å². The number of halogens is 1. The fraction of sp³-hybridized carbons (Fsp3) is 0.118. The molecule has 0 saturated heterocycles. The number of ether oxygens (including phenoxy) is 1. The molecule has 7 heteroatoms. The van der Waals surface area contributed by atoms with Gasteiger partial charge < -0.3 is 4.74 Å². The zero-order valence-corrected chi connectivity index (χ0v) is 13.7. The number of benzene rings is 2. The smallest absolute Gasteiger partial charge is 0.196 e. The lowest BCUT2D eigenvalue weighted by molar-refractivity contribution is 0.102. The Balaban J connectivity index is 1.72. The summed E-state index contributed by atoms with van der Waals surface area (Å²) in [4.78, 5) is 12.3. The fourth-order valence-corrected chi connectivity index (χ4v) is 2.94. The Morgan fingerprint density at radius 2 is 1.96 bits per heavy atom. The van der Waals surface area contributed by atoms with Crippen molar-refractivity contribution in [3.63, 3.8) is 0 Å². The number of methoxy groups -OCH3 is 1. The number of para-hydroxylation sites is 1. The Morgan fingerprint density at radius 1 is 1.21 bits per heavy atom. The average molecular weight is 343 g/mol. The van der Waals surface area contributed by atoms with Crippen LogP contribution >= 0.6 is 11.8 Å². The number of Topliss-reactive ketones (excluding diaryl/α,β-unsaturated/α-hetero) is 1. The van der Waals surface area contributed by atoms with E-state index in [1.54, 1.807) is 49.6 Å². The van der Waals surface area contributed by atoms with Gasteiger partial charge in [-0.15, -0.1) is 10.2 Å². The molecular formula is C17H14FN3O2S. The van der Waals surface area contributed by atoms with Gasteiger partial charge >= 0.3 is 0 Å². The molecule has 3 rings (SSSR count). The minimum atomic E-state index is -0.374. The molecule has 3 aromatic rings. The largest absolute Gasteiger partial charge is 0.497 e. The predicted octanol–water partition coefficient (Wildman–Crippen LogP) is 3.39. The monoisotopic (exact) mass is 343 g/mol. The van der Waals surface area contributed by atoms with Crippen molar-refractivity contribution < 1.29 is 13.9 Å². The maximum atomic E-state index is 13.9. The minimum absolute atomic E-state index is 0.0502. The molecule has 0 aliphatic heterocycles. The van der Waals surface area contributed by atoms with Crippen LogP contribution in [0, 0.1) is 5.82 Å². The zero-order chi connectivity index (χ0) is 16.9. The van der Waals surface area contributed by atoms with Gasteiger partial charge in [0.1, 0.15) is 17.9 Å². The standard InChI is InChI=1S/C17H14FN3O2S/c1-23-13-8-6-12(7-9-13)16(22)10-24-17-20-19-11-21(17)15-5-3-2-4-14(15)18/h2-9,11H,10H2,1H3. The summed E-state index contributed by atoms with van der Waals surface area (Å²) in [6.07, 6.45) is 1.43. The molecule has 1 heterocycles. The van der Waals surface area contributed by atoms with E-state index in [1.807, 2.05) is 0 Å². The Hall–Kier alpha value is -2.67. The van der Waals surface area contributed by atoms with E-state index in [0.717, 1.165) is 0 Å². The molecule has 5 nitrogen and oxygen atoms in total. The molecular weight excluding hydrogens is 329 g/mol. The van der Waals surface area contributed by atoms with Crippen LogP contribution in [0.15, 0.2) is 60.0 Å².